The Kier molecular flexibility index (Phi) is 4.94. The van der Waals surface area contributed by atoms with Gasteiger partial charge in [-0.3, -0.25) is 4.79 Å². The molecule has 0 aliphatic heterocycles. The molecular formula is C18H14F3N3OS. The van der Waals surface area contributed by atoms with Gasteiger partial charge in [0.2, 0.25) is 0 Å². The topological polar surface area (TPSA) is 46.4 Å². The monoisotopic (exact) mass is 377 g/mol. The molecule has 134 valence electrons. The second-order valence-corrected chi connectivity index (χ2v) is 6.36. The van der Waals surface area contributed by atoms with Gasteiger partial charge in [0.15, 0.2) is 0 Å². The van der Waals surface area contributed by atoms with Crippen LogP contribution in [0.3, 0.4) is 0 Å². The third kappa shape index (κ3) is 3.85. The number of benzene rings is 1. The molecule has 8 heteroatoms. The Hall–Kier alpha value is -2.87. The molecular weight excluding hydrogens is 363 g/mol. The van der Waals surface area contributed by atoms with Gasteiger partial charge in [-0.05, 0) is 48.2 Å². The van der Waals surface area contributed by atoms with Crippen LogP contribution in [-0.2, 0) is 6.18 Å². The average molecular weight is 377 g/mol. The molecule has 0 radical (unpaired) electrons. The molecule has 0 fully saturated rings. The van der Waals surface area contributed by atoms with E-state index in [0.717, 1.165) is 12.1 Å². The lowest BCUT2D eigenvalue weighted by atomic mass is 10.1. The maximum Gasteiger partial charge on any atom is 0.416 e. The van der Waals surface area contributed by atoms with Crippen LogP contribution in [0.2, 0.25) is 0 Å². The molecule has 1 amide bonds. The third-order valence-corrected chi connectivity index (χ3v) is 4.57. The molecule has 1 N–H and O–H groups in total. The average Bonchev–Trinajstić information content (AvgIpc) is 3.29. The number of halogens is 3. The number of thiophene rings is 1. The van der Waals surface area contributed by atoms with Crippen molar-refractivity contribution < 1.29 is 18.0 Å². The maximum absolute atomic E-state index is 12.8. The minimum Gasteiger partial charge on any atom is -0.322 e. The maximum atomic E-state index is 12.8. The summed E-state index contributed by atoms with van der Waals surface area (Å²) in [4.78, 5) is 12.8. The van der Waals surface area contributed by atoms with E-state index in [9.17, 15) is 18.0 Å². The van der Waals surface area contributed by atoms with Crippen LogP contribution in [0.4, 0.5) is 13.2 Å². The zero-order valence-electron chi connectivity index (χ0n) is 13.6. The number of alkyl halides is 3. The fraction of sp³-hybridized carbons (Fsp3) is 0.111. The van der Waals surface area contributed by atoms with E-state index in [1.807, 2.05) is 30.6 Å². The van der Waals surface area contributed by atoms with Gasteiger partial charge in [-0.2, -0.15) is 18.3 Å². The van der Waals surface area contributed by atoms with E-state index in [1.54, 1.807) is 9.95 Å². The molecule has 0 atom stereocenters. The summed E-state index contributed by atoms with van der Waals surface area (Å²) in [6.45, 7) is 1.54. The van der Waals surface area contributed by atoms with Crippen molar-refractivity contribution in [3.8, 4) is 5.69 Å². The summed E-state index contributed by atoms with van der Waals surface area (Å²) in [5.74, 6) is -0.421. The van der Waals surface area contributed by atoms with Gasteiger partial charge in [-0.25, -0.2) is 5.43 Å². The van der Waals surface area contributed by atoms with E-state index in [2.05, 4.69) is 10.5 Å². The van der Waals surface area contributed by atoms with Gasteiger partial charge in [-0.15, -0.1) is 11.3 Å². The van der Waals surface area contributed by atoms with E-state index in [4.69, 9.17) is 0 Å². The molecule has 4 nitrogen and oxygen atoms in total. The van der Waals surface area contributed by atoms with Crippen LogP contribution in [0.1, 0.15) is 27.7 Å². The van der Waals surface area contributed by atoms with Gasteiger partial charge in [0.1, 0.15) is 4.88 Å². The lowest BCUT2D eigenvalue weighted by Crippen LogP contribution is -2.19. The van der Waals surface area contributed by atoms with Crippen LogP contribution in [0, 0.1) is 0 Å². The first-order valence-corrected chi connectivity index (χ1v) is 8.47. The molecule has 3 aromatic rings. The van der Waals surface area contributed by atoms with Crippen molar-refractivity contribution in [1.82, 2.24) is 9.99 Å². The predicted octanol–water partition coefficient (Wildman–Crippen LogP) is 4.71. The Morgan fingerprint density at radius 3 is 2.58 bits per heavy atom. The second kappa shape index (κ2) is 7.17. The normalized spacial score (nSPS) is 12.2. The quantitative estimate of drug-likeness (QED) is 0.519. The van der Waals surface area contributed by atoms with Crippen LogP contribution in [-0.4, -0.2) is 16.2 Å². The molecule has 0 spiro atoms. The molecule has 0 saturated heterocycles. The SMILES string of the molecule is CC(=NNC(=O)c1sccc1-n1cccc1)c1cccc(C(F)(F)F)c1. The Balaban J connectivity index is 1.78. The van der Waals surface area contributed by atoms with Crippen LogP contribution in [0.5, 0.6) is 0 Å². The number of carbonyl (C=O) groups excluding carboxylic acids is 1. The summed E-state index contributed by atoms with van der Waals surface area (Å²) >= 11 is 1.26. The molecule has 1 aromatic carbocycles. The summed E-state index contributed by atoms with van der Waals surface area (Å²) in [5, 5.41) is 5.73. The van der Waals surface area contributed by atoms with Gasteiger partial charge in [0, 0.05) is 12.4 Å². The predicted molar refractivity (Wildman–Crippen MR) is 94.8 cm³/mol. The van der Waals surface area contributed by atoms with E-state index < -0.39 is 17.6 Å². The highest BCUT2D eigenvalue weighted by atomic mass is 32.1. The summed E-state index contributed by atoms with van der Waals surface area (Å²) in [7, 11) is 0. The van der Waals surface area contributed by atoms with Crippen LogP contribution >= 0.6 is 11.3 Å². The van der Waals surface area contributed by atoms with Crippen molar-refractivity contribution in [3.05, 3.63) is 76.2 Å². The Morgan fingerprint density at radius 2 is 1.88 bits per heavy atom. The molecule has 26 heavy (non-hydrogen) atoms. The van der Waals surface area contributed by atoms with Crippen molar-refractivity contribution >= 4 is 23.0 Å². The molecule has 0 aliphatic rings. The van der Waals surface area contributed by atoms with Gasteiger partial charge in [0.25, 0.3) is 5.91 Å². The van der Waals surface area contributed by atoms with Crippen molar-refractivity contribution in [1.29, 1.82) is 0 Å². The number of nitrogens with zero attached hydrogens (tertiary/aromatic N) is 2. The molecule has 2 aromatic heterocycles. The fourth-order valence-electron chi connectivity index (χ4n) is 2.34. The largest absolute Gasteiger partial charge is 0.416 e. The number of hydrogen-bond donors (Lipinski definition) is 1. The zero-order chi connectivity index (χ0) is 18.7. The van der Waals surface area contributed by atoms with Crippen LogP contribution in [0.15, 0.2) is 65.3 Å². The number of aromatic nitrogens is 1. The Morgan fingerprint density at radius 1 is 1.15 bits per heavy atom. The van der Waals surface area contributed by atoms with Crippen molar-refractivity contribution in [2.45, 2.75) is 13.1 Å². The molecule has 3 rings (SSSR count). The molecule has 0 bridgehead atoms. The number of rotatable bonds is 4. The highest BCUT2D eigenvalue weighted by Gasteiger charge is 2.30. The van der Waals surface area contributed by atoms with E-state index in [-0.39, 0.29) is 11.3 Å². The van der Waals surface area contributed by atoms with Crippen LogP contribution in [0.25, 0.3) is 5.69 Å². The first-order chi connectivity index (χ1) is 12.4. The smallest absolute Gasteiger partial charge is 0.322 e. The van der Waals surface area contributed by atoms with Gasteiger partial charge in [0.05, 0.1) is 17.0 Å². The van der Waals surface area contributed by atoms with Crippen molar-refractivity contribution in [2.24, 2.45) is 5.10 Å². The van der Waals surface area contributed by atoms with Crippen molar-refractivity contribution in [2.75, 3.05) is 0 Å². The van der Waals surface area contributed by atoms with E-state index in [1.165, 1.54) is 30.4 Å². The lowest BCUT2D eigenvalue weighted by Gasteiger charge is -2.09. The minimum atomic E-state index is -4.43. The van der Waals surface area contributed by atoms with Gasteiger partial charge in [-0.1, -0.05) is 12.1 Å². The zero-order valence-corrected chi connectivity index (χ0v) is 14.4. The van der Waals surface area contributed by atoms with Crippen molar-refractivity contribution in [3.63, 3.8) is 0 Å². The first kappa shape index (κ1) is 17.9. The number of hydrazone groups is 1. The van der Waals surface area contributed by atoms with Gasteiger partial charge < -0.3 is 4.57 Å². The third-order valence-electron chi connectivity index (χ3n) is 3.67. The number of carbonyl (C=O) groups is 1. The summed E-state index contributed by atoms with van der Waals surface area (Å²) < 4.78 is 40.2. The molecule has 0 unspecified atom stereocenters. The Labute approximate surface area is 151 Å². The molecule has 0 aliphatic carbocycles. The lowest BCUT2D eigenvalue weighted by molar-refractivity contribution is -0.137. The summed E-state index contributed by atoms with van der Waals surface area (Å²) in [6, 6.07) is 10.3. The summed E-state index contributed by atoms with van der Waals surface area (Å²) in [5.41, 5.74) is 2.93. The standard InChI is InChI=1S/C18H14F3N3OS/c1-12(13-5-4-6-14(11-13)18(19,20)21)22-23-17(25)16-15(7-10-26-16)24-8-2-3-9-24/h2-11H,1H3,(H,23,25). The van der Waals surface area contributed by atoms with Crippen LogP contribution < -0.4 is 5.43 Å². The minimum absolute atomic E-state index is 0.281. The summed E-state index contributed by atoms with van der Waals surface area (Å²) in [6.07, 6.45) is -0.797. The molecule has 0 saturated carbocycles. The second-order valence-electron chi connectivity index (χ2n) is 5.44. The first-order valence-electron chi connectivity index (χ1n) is 7.59. The fourth-order valence-corrected chi connectivity index (χ4v) is 3.12. The number of amides is 1. The number of nitrogens with one attached hydrogen (secondary N) is 1. The van der Waals surface area contributed by atoms with E-state index >= 15 is 0 Å². The highest BCUT2D eigenvalue weighted by Crippen LogP contribution is 2.29. The molecule has 2 heterocycles. The number of hydrogen-bond acceptors (Lipinski definition) is 3. The van der Waals surface area contributed by atoms with E-state index in [0.29, 0.717) is 10.6 Å². The Bertz CT molecular complexity index is 943. The van der Waals surface area contributed by atoms with Gasteiger partial charge >= 0.3 is 6.18 Å². The highest BCUT2D eigenvalue weighted by molar-refractivity contribution is 7.12.